The minimum atomic E-state index is -0.680. The van der Waals surface area contributed by atoms with Crippen LogP contribution in [-0.4, -0.2) is 35.2 Å². The van der Waals surface area contributed by atoms with Crippen molar-refractivity contribution in [3.63, 3.8) is 0 Å². The van der Waals surface area contributed by atoms with Crippen LogP contribution in [0.4, 0.5) is 0 Å². The lowest BCUT2D eigenvalue weighted by Crippen LogP contribution is -2.49. The number of nitrogens with zero attached hydrogens (tertiary/aromatic N) is 1. The van der Waals surface area contributed by atoms with Crippen molar-refractivity contribution >= 4 is 16.7 Å². The van der Waals surface area contributed by atoms with Gasteiger partial charge in [-0.15, -0.1) is 0 Å². The second-order valence-electron chi connectivity index (χ2n) is 8.94. The van der Waals surface area contributed by atoms with Crippen LogP contribution in [0.2, 0.25) is 0 Å². The van der Waals surface area contributed by atoms with Crippen molar-refractivity contribution in [2.24, 2.45) is 11.8 Å². The molecule has 0 spiro atoms. The summed E-state index contributed by atoms with van der Waals surface area (Å²) < 4.78 is 6.44. The van der Waals surface area contributed by atoms with Gasteiger partial charge in [0.25, 0.3) is 0 Å². The topological polar surface area (TPSA) is 49.8 Å². The molecule has 4 nitrogen and oxygen atoms in total. The highest BCUT2D eigenvalue weighted by Crippen LogP contribution is 2.34. The molecule has 0 unspecified atom stereocenters. The van der Waals surface area contributed by atoms with E-state index in [0.29, 0.717) is 19.2 Å². The fourth-order valence-electron chi connectivity index (χ4n) is 4.83. The van der Waals surface area contributed by atoms with E-state index in [-0.39, 0.29) is 5.92 Å². The third-order valence-electron chi connectivity index (χ3n) is 6.67. The summed E-state index contributed by atoms with van der Waals surface area (Å²) in [5.74, 6) is 1.02. The number of carbonyl (C=O) groups is 1. The molecule has 1 heterocycles. The van der Waals surface area contributed by atoms with Crippen LogP contribution >= 0.6 is 0 Å². The number of benzene rings is 2. The molecule has 0 aromatic heterocycles. The Morgan fingerprint density at radius 3 is 2.66 bits per heavy atom. The number of hydrogen-bond donors (Lipinski definition) is 1. The zero-order chi connectivity index (χ0) is 20.2. The molecule has 2 aromatic carbocycles. The van der Waals surface area contributed by atoms with E-state index < -0.39 is 5.97 Å². The van der Waals surface area contributed by atoms with Crippen molar-refractivity contribution < 1.29 is 14.6 Å². The second kappa shape index (κ2) is 9.17. The molecule has 1 aliphatic carbocycles. The van der Waals surface area contributed by atoms with Crippen LogP contribution < -0.4 is 4.74 Å². The molecule has 4 rings (SSSR count). The van der Waals surface area contributed by atoms with E-state index in [1.54, 1.807) is 0 Å². The maximum absolute atomic E-state index is 11.0. The molecule has 2 aliphatic rings. The lowest BCUT2D eigenvalue weighted by atomic mass is 9.84. The Morgan fingerprint density at radius 2 is 1.93 bits per heavy atom. The van der Waals surface area contributed by atoms with E-state index in [1.165, 1.54) is 61.3 Å². The number of aliphatic carboxylic acids is 1. The average Bonchev–Trinajstić information content (AvgIpc) is 2.69. The van der Waals surface area contributed by atoms with E-state index in [1.807, 2.05) is 0 Å². The molecular weight excluding hydrogens is 362 g/mol. The summed E-state index contributed by atoms with van der Waals surface area (Å²) in [4.78, 5) is 13.2. The predicted molar refractivity (Wildman–Crippen MR) is 116 cm³/mol. The molecule has 4 heteroatoms. The monoisotopic (exact) mass is 395 g/mol. The molecular formula is C25H33NO3. The Kier molecular flexibility index (Phi) is 6.39. The summed E-state index contributed by atoms with van der Waals surface area (Å²) in [6.07, 6.45) is 9.31. The number of rotatable bonds is 8. The van der Waals surface area contributed by atoms with Crippen molar-refractivity contribution in [3.05, 3.63) is 42.0 Å². The number of unbranched alkanes of at least 4 members (excludes halogenated alkanes) is 1. The van der Waals surface area contributed by atoms with Crippen LogP contribution in [0.3, 0.4) is 0 Å². The minimum absolute atomic E-state index is 0.201. The first-order valence-corrected chi connectivity index (χ1v) is 11.3. The van der Waals surface area contributed by atoms with Crippen LogP contribution in [0.25, 0.3) is 10.8 Å². The first-order chi connectivity index (χ1) is 14.1. The van der Waals surface area contributed by atoms with Gasteiger partial charge in [0, 0.05) is 25.0 Å². The Labute approximate surface area is 173 Å². The number of carboxylic acid groups (broad SMARTS) is 1. The molecule has 0 radical (unpaired) electrons. The smallest absolute Gasteiger partial charge is 0.309 e. The molecule has 29 heavy (non-hydrogen) atoms. The molecule has 1 N–H and O–H groups in total. The molecule has 1 saturated carbocycles. The summed E-state index contributed by atoms with van der Waals surface area (Å²) in [5, 5.41) is 11.4. The van der Waals surface area contributed by atoms with Gasteiger partial charge in [0.1, 0.15) is 5.75 Å². The average molecular weight is 396 g/mol. The van der Waals surface area contributed by atoms with Crippen LogP contribution in [0, 0.1) is 11.8 Å². The van der Waals surface area contributed by atoms with E-state index in [4.69, 9.17) is 9.84 Å². The van der Waals surface area contributed by atoms with Crippen molar-refractivity contribution in [2.75, 3.05) is 13.1 Å². The molecule has 2 aromatic rings. The molecule has 156 valence electrons. The molecule has 0 bridgehead atoms. The van der Waals surface area contributed by atoms with E-state index >= 15 is 0 Å². The van der Waals surface area contributed by atoms with Crippen LogP contribution in [0.5, 0.6) is 5.75 Å². The van der Waals surface area contributed by atoms with Crippen LogP contribution in [-0.2, 0) is 11.3 Å². The van der Waals surface area contributed by atoms with E-state index in [9.17, 15) is 4.79 Å². The SMILES string of the molecule is CCCCC1CCC(Oc2cccc3cc(CN4CC(C(=O)O)C4)ccc23)CC1. The van der Waals surface area contributed by atoms with Crippen LogP contribution in [0.15, 0.2) is 36.4 Å². The number of hydrogen-bond acceptors (Lipinski definition) is 3. The van der Waals surface area contributed by atoms with Gasteiger partial charge in [-0.05, 0) is 54.7 Å². The highest BCUT2D eigenvalue weighted by atomic mass is 16.5. The quantitative estimate of drug-likeness (QED) is 0.643. The highest BCUT2D eigenvalue weighted by molar-refractivity contribution is 5.88. The largest absolute Gasteiger partial charge is 0.490 e. The Balaban J connectivity index is 1.36. The standard InChI is InChI=1S/C25H33NO3/c1-2-3-5-18-8-11-22(12-9-18)29-24-7-4-6-20-14-19(10-13-23(20)24)15-26-16-21(17-26)25(27)28/h4,6-7,10,13-14,18,21-22H,2-3,5,8-9,11-12,15-17H2,1H3,(H,27,28). The second-order valence-corrected chi connectivity index (χ2v) is 8.94. The third kappa shape index (κ3) is 4.92. The fourth-order valence-corrected chi connectivity index (χ4v) is 4.83. The number of likely N-dealkylation sites (tertiary alicyclic amines) is 1. The summed E-state index contributed by atoms with van der Waals surface area (Å²) in [6, 6.07) is 12.9. The molecule has 0 atom stereocenters. The van der Waals surface area contributed by atoms with Gasteiger partial charge in [-0.1, -0.05) is 50.5 Å². The Hall–Kier alpha value is -2.07. The number of carboxylic acids is 1. The predicted octanol–water partition coefficient (Wildman–Crippen LogP) is 5.48. The van der Waals surface area contributed by atoms with E-state index in [0.717, 1.165) is 18.2 Å². The number of ether oxygens (including phenoxy) is 1. The molecule has 2 fully saturated rings. The zero-order valence-electron chi connectivity index (χ0n) is 17.5. The van der Waals surface area contributed by atoms with Gasteiger partial charge in [0.15, 0.2) is 0 Å². The maximum atomic E-state index is 11.0. The van der Waals surface area contributed by atoms with Gasteiger partial charge < -0.3 is 9.84 Å². The normalized spacial score (nSPS) is 23.1. The highest BCUT2D eigenvalue weighted by Gasteiger charge is 2.32. The van der Waals surface area contributed by atoms with E-state index in [2.05, 4.69) is 48.2 Å². The fraction of sp³-hybridized carbons (Fsp3) is 0.560. The maximum Gasteiger partial charge on any atom is 0.309 e. The first kappa shape index (κ1) is 20.2. The lowest BCUT2D eigenvalue weighted by Gasteiger charge is -2.36. The van der Waals surface area contributed by atoms with Crippen molar-refractivity contribution in [1.29, 1.82) is 0 Å². The van der Waals surface area contributed by atoms with Gasteiger partial charge >= 0.3 is 5.97 Å². The van der Waals surface area contributed by atoms with Gasteiger partial charge in [-0.2, -0.15) is 0 Å². The Morgan fingerprint density at radius 1 is 1.14 bits per heavy atom. The first-order valence-electron chi connectivity index (χ1n) is 11.3. The summed E-state index contributed by atoms with van der Waals surface area (Å²) in [6.45, 7) is 4.39. The van der Waals surface area contributed by atoms with Crippen molar-refractivity contribution in [3.8, 4) is 5.75 Å². The lowest BCUT2D eigenvalue weighted by molar-refractivity contribution is -0.147. The minimum Gasteiger partial charge on any atom is -0.490 e. The van der Waals surface area contributed by atoms with Crippen molar-refractivity contribution in [1.82, 2.24) is 4.90 Å². The summed E-state index contributed by atoms with van der Waals surface area (Å²) >= 11 is 0. The van der Waals surface area contributed by atoms with Gasteiger partial charge in [-0.25, -0.2) is 0 Å². The summed E-state index contributed by atoms with van der Waals surface area (Å²) in [5.41, 5.74) is 1.23. The Bertz CT molecular complexity index is 835. The van der Waals surface area contributed by atoms with Crippen LogP contribution in [0.1, 0.15) is 57.4 Å². The van der Waals surface area contributed by atoms with Gasteiger partial charge in [-0.3, -0.25) is 9.69 Å². The van der Waals surface area contributed by atoms with Gasteiger partial charge in [0.2, 0.25) is 0 Å². The molecule has 0 amide bonds. The summed E-state index contributed by atoms with van der Waals surface area (Å²) in [7, 11) is 0. The third-order valence-corrected chi connectivity index (χ3v) is 6.67. The zero-order valence-corrected chi connectivity index (χ0v) is 17.5. The molecule has 1 aliphatic heterocycles. The van der Waals surface area contributed by atoms with Crippen molar-refractivity contribution in [2.45, 2.75) is 64.5 Å². The molecule has 1 saturated heterocycles. The van der Waals surface area contributed by atoms with Gasteiger partial charge in [0.05, 0.1) is 12.0 Å². The number of fused-ring (bicyclic) bond motifs is 1.